The van der Waals surface area contributed by atoms with Gasteiger partial charge in [0.15, 0.2) is 0 Å². The number of aromatic nitrogens is 1. The molecule has 0 spiro atoms. The van der Waals surface area contributed by atoms with E-state index in [9.17, 15) is 31.1 Å². The standard InChI is InChI=1S/C30H26F6N4O2/c31-29(32,33)20-5-8-22(9-6-20)40-15-13-39(14-16-40)17-18-42-28(41)24-3-1-2-4-25(24)38-26-11-12-37-27-19-21(30(34,35)36)7-10-23(26)27/h1-12,19H,13-18H2,(H,37,38). The molecule has 0 unspecified atom stereocenters. The van der Waals surface area contributed by atoms with Gasteiger partial charge in [-0.2, -0.15) is 26.3 Å². The van der Waals surface area contributed by atoms with E-state index in [1.54, 1.807) is 30.3 Å². The van der Waals surface area contributed by atoms with Gasteiger partial charge in [-0.05, 0) is 54.6 Å². The molecule has 1 saturated heterocycles. The summed E-state index contributed by atoms with van der Waals surface area (Å²) in [5.41, 5.74) is 0.581. The predicted molar refractivity (Wildman–Crippen MR) is 147 cm³/mol. The number of fused-ring (bicyclic) bond motifs is 1. The number of halogens is 6. The molecule has 0 aliphatic carbocycles. The van der Waals surface area contributed by atoms with E-state index in [1.165, 1.54) is 24.4 Å². The van der Waals surface area contributed by atoms with Gasteiger partial charge in [0, 0.05) is 55.7 Å². The summed E-state index contributed by atoms with van der Waals surface area (Å²) in [7, 11) is 0. The highest BCUT2D eigenvalue weighted by Crippen LogP contribution is 2.34. The highest BCUT2D eigenvalue weighted by Gasteiger charge is 2.31. The molecule has 4 aromatic rings. The van der Waals surface area contributed by atoms with E-state index in [0.717, 1.165) is 30.0 Å². The van der Waals surface area contributed by atoms with Gasteiger partial charge in [-0.1, -0.05) is 18.2 Å². The molecule has 12 heteroatoms. The number of hydrogen-bond donors (Lipinski definition) is 1. The molecule has 1 fully saturated rings. The quantitative estimate of drug-likeness (QED) is 0.186. The number of benzene rings is 3. The molecule has 0 atom stereocenters. The Labute approximate surface area is 237 Å². The molecule has 0 radical (unpaired) electrons. The molecule has 5 rings (SSSR count). The predicted octanol–water partition coefficient (Wildman–Crippen LogP) is 7.00. The van der Waals surface area contributed by atoms with Crippen molar-refractivity contribution in [3.63, 3.8) is 0 Å². The highest BCUT2D eigenvalue weighted by molar-refractivity contribution is 5.99. The van der Waals surface area contributed by atoms with Crippen LogP contribution < -0.4 is 10.2 Å². The summed E-state index contributed by atoms with van der Waals surface area (Å²) in [4.78, 5) is 21.1. The number of carbonyl (C=O) groups excluding carboxylic acids is 1. The van der Waals surface area contributed by atoms with Gasteiger partial charge in [-0.25, -0.2) is 4.79 Å². The first-order chi connectivity index (χ1) is 20.0. The Morgan fingerprint density at radius 3 is 2.17 bits per heavy atom. The lowest BCUT2D eigenvalue weighted by Gasteiger charge is -2.36. The van der Waals surface area contributed by atoms with Gasteiger partial charge in [0.25, 0.3) is 0 Å². The molecule has 0 amide bonds. The monoisotopic (exact) mass is 588 g/mol. The summed E-state index contributed by atoms with van der Waals surface area (Å²) in [6.07, 6.45) is -7.47. The van der Waals surface area contributed by atoms with Crippen molar-refractivity contribution < 1.29 is 35.9 Å². The van der Waals surface area contributed by atoms with E-state index in [4.69, 9.17) is 4.74 Å². The second-order valence-corrected chi connectivity index (χ2v) is 9.77. The number of anilines is 3. The second-order valence-electron chi connectivity index (χ2n) is 9.77. The van der Waals surface area contributed by atoms with Gasteiger partial charge in [0.05, 0.1) is 27.9 Å². The van der Waals surface area contributed by atoms with Gasteiger partial charge in [0.2, 0.25) is 0 Å². The van der Waals surface area contributed by atoms with Crippen molar-refractivity contribution in [2.24, 2.45) is 0 Å². The molecule has 42 heavy (non-hydrogen) atoms. The molecular formula is C30H26F6N4O2. The molecule has 1 aliphatic rings. The zero-order chi connectivity index (χ0) is 29.9. The topological polar surface area (TPSA) is 57.7 Å². The molecule has 220 valence electrons. The number of pyridine rings is 1. The second kappa shape index (κ2) is 11.9. The summed E-state index contributed by atoms with van der Waals surface area (Å²) < 4.78 is 83.4. The lowest BCUT2D eigenvalue weighted by Crippen LogP contribution is -2.47. The van der Waals surface area contributed by atoms with Gasteiger partial charge in [0.1, 0.15) is 6.61 Å². The Hall–Kier alpha value is -4.32. The van der Waals surface area contributed by atoms with E-state index >= 15 is 0 Å². The van der Waals surface area contributed by atoms with Crippen LogP contribution in [0.5, 0.6) is 0 Å². The highest BCUT2D eigenvalue weighted by atomic mass is 19.4. The number of ether oxygens (including phenoxy) is 1. The lowest BCUT2D eigenvalue weighted by molar-refractivity contribution is -0.138. The maximum atomic E-state index is 13.1. The first kappa shape index (κ1) is 29.2. The number of hydrogen-bond acceptors (Lipinski definition) is 6. The van der Waals surface area contributed by atoms with Crippen LogP contribution in [0.1, 0.15) is 21.5 Å². The zero-order valence-electron chi connectivity index (χ0n) is 22.2. The number of esters is 1. The maximum Gasteiger partial charge on any atom is 0.416 e. The first-order valence-electron chi connectivity index (χ1n) is 13.1. The van der Waals surface area contributed by atoms with Crippen LogP contribution in [0.2, 0.25) is 0 Å². The number of nitrogens with zero attached hydrogens (tertiary/aromatic N) is 3. The fourth-order valence-electron chi connectivity index (χ4n) is 4.78. The number of alkyl halides is 6. The Morgan fingerprint density at radius 1 is 0.810 bits per heavy atom. The first-order valence-corrected chi connectivity index (χ1v) is 13.1. The molecule has 2 heterocycles. The van der Waals surface area contributed by atoms with Gasteiger partial charge >= 0.3 is 18.3 Å². The number of carbonyl (C=O) groups is 1. The molecular weight excluding hydrogens is 562 g/mol. The summed E-state index contributed by atoms with van der Waals surface area (Å²) in [6, 6.07) is 16.7. The molecule has 0 saturated carbocycles. The third-order valence-electron chi connectivity index (χ3n) is 7.06. The van der Waals surface area contributed by atoms with Crippen LogP contribution in [-0.2, 0) is 17.1 Å². The number of rotatable bonds is 7. The minimum atomic E-state index is -4.49. The minimum Gasteiger partial charge on any atom is -0.461 e. The number of piperazine rings is 1. The molecule has 1 aromatic heterocycles. The normalized spacial score (nSPS) is 14.7. The summed E-state index contributed by atoms with van der Waals surface area (Å²) in [5.74, 6) is -0.556. The van der Waals surface area contributed by atoms with Gasteiger partial charge < -0.3 is 15.0 Å². The van der Waals surface area contributed by atoms with Crippen LogP contribution in [0.3, 0.4) is 0 Å². The Bertz CT molecular complexity index is 1550. The van der Waals surface area contributed by atoms with Crippen LogP contribution >= 0.6 is 0 Å². The van der Waals surface area contributed by atoms with E-state index in [0.29, 0.717) is 49.5 Å². The van der Waals surface area contributed by atoms with Crippen molar-refractivity contribution in [3.8, 4) is 0 Å². The average molecular weight is 589 g/mol. The van der Waals surface area contributed by atoms with Crippen LogP contribution in [0.15, 0.2) is 79.0 Å². The molecule has 3 aromatic carbocycles. The van der Waals surface area contributed by atoms with Crippen molar-refractivity contribution in [3.05, 3.63) is 95.7 Å². The third kappa shape index (κ3) is 6.76. The van der Waals surface area contributed by atoms with Crippen LogP contribution in [0, 0.1) is 0 Å². The Kier molecular flexibility index (Phi) is 8.26. The zero-order valence-corrected chi connectivity index (χ0v) is 22.2. The van der Waals surface area contributed by atoms with Crippen LogP contribution in [-0.4, -0.2) is 55.2 Å². The van der Waals surface area contributed by atoms with Crippen LogP contribution in [0.25, 0.3) is 10.9 Å². The van der Waals surface area contributed by atoms with Crippen molar-refractivity contribution in [1.82, 2.24) is 9.88 Å². The van der Waals surface area contributed by atoms with Crippen molar-refractivity contribution in [2.75, 3.05) is 49.5 Å². The molecule has 1 aliphatic heterocycles. The van der Waals surface area contributed by atoms with E-state index < -0.39 is 29.4 Å². The summed E-state index contributed by atoms with van der Waals surface area (Å²) >= 11 is 0. The largest absolute Gasteiger partial charge is 0.461 e. The number of para-hydroxylation sites is 1. The SMILES string of the molecule is O=C(OCCN1CCN(c2ccc(C(F)(F)F)cc2)CC1)c1ccccc1Nc1ccnc2cc(C(F)(F)F)ccc12. The fourth-order valence-corrected chi connectivity index (χ4v) is 4.78. The van der Waals surface area contributed by atoms with Crippen LogP contribution in [0.4, 0.5) is 43.4 Å². The van der Waals surface area contributed by atoms with E-state index in [1.807, 2.05) is 4.90 Å². The van der Waals surface area contributed by atoms with Gasteiger partial charge in [-0.15, -0.1) is 0 Å². The lowest BCUT2D eigenvalue weighted by atomic mass is 10.1. The Balaban J connectivity index is 1.16. The number of nitrogens with one attached hydrogen (secondary N) is 1. The van der Waals surface area contributed by atoms with E-state index in [2.05, 4.69) is 15.2 Å². The molecule has 0 bridgehead atoms. The Morgan fingerprint density at radius 2 is 1.48 bits per heavy atom. The summed E-state index contributed by atoms with van der Waals surface area (Å²) in [5, 5.41) is 3.59. The fraction of sp³-hybridized carbons (Fsp3) is 0.267. The van der Waals surface area contributed by atoms with Crippen molar-refractivity contribution in [2.45, 2.75) is 12.4 Å². The molecule has 1 N–H and O–H groups in total. The average Bonchev–Trinajstić information content (AvgIpc) is 2.97. The van der Waals surface area contributed by atoms with Crippen molar-refractivity contribution in [1.29, 1.82) is 0 Å². The summed E-state index contributed by atoms with van der Waals surface area (Å²) in [6.45, 7) is 3.17. The third-order valence-corrected chi connectivity index (χ3v) is 7.06. The maximum absolute atomic E-state index is 13.1. The minimum absolute atomic E-state index is 0.131. The molecule has 6 nitrogen and oxygen atoms in total. The smallest absolute Gasteiger partial charge is 0.416 e. The van der Waals surface area contributed by atoms with Crippen molar-refractivity contribution >= 4 is 33.9 Å². The van der Waals surface area contributed by atoms with Gasteiger partial charge in [-0.3, -0.25) is 9.88 Å². The van der Waals surface area contributed by atoms with E-state index in [-0.39, 0.29) is 17.7 Å².